The van der Waals surface area contributed by atoms with Crippen LogP contribution >= 0.6 is 0 Å². The first-order valence-electron chi connectivity index (χ1n) is 3.65. The molecular weight excluding hydrogens is 156 g/mol. The van der Waals surface area contributed by atoms with Crippen LogP contribution in [0.3, 0.4) is 0 Å². The zero-order valence-electron chi connectivity index (χ0n) is 6.33. The van der Waals surface area contributed by atoms with Gasteiger partial charge >= 0.3 is 6.03 Å². The molecule has 0 radical (unpaired) electrons. The standard InChI is InChI=1S/C8H8N2O2/c11-8-9-4-3-6(10-8)7-2-1-5-12-7/h1,3-5H,2H2,(H2,9,10,11). The minimum Gasteiger partial charge on any atom is -0.467 e. The molecule has 0 bridgehead atoms. The van der Waals surface area contributed by atoms with Crippen LogP contribution in [0.5, 0.6) is 0 Å². The van der Waals surface area contributed by atoms with Crippen molar-refractivity contribution in [2.45, 2.75) is 6.42 Å². The lowest BCUT2D eigenvalue weighted by Crippen LogP contribution is -2.35. The molecule has 0 atom stereocenters. The lowest BCUT2D eigenvalue weighted by Gasteiger charge is -2.12. The Morgan fingerprint density at radius 3 is 3.08 bits per heavy atom. The Balaban J connectivity index is 2.22. The molecule has 62 valence electrons. The molecule has 0 aromatic rings. The van der Waals surface area contributed by atoms with Crippen LogP contribution in [0.25, 0.3) is 0 Å². The fraction of sp³-hybridized carbons (Fsp3) is 0.125. The van der Waals surface area contributed by atoms with E-state index in [4.69, 9.17) is 4.74 Å². The maximum Gasteiger partial charge on any atom is 0.323 e. The van der Waals surface area contributed by atoms with Crippen LogP contribution < -0.4 is 10.6 Å². The highest BCUT2D eigenvalue weighted by Crippen LogP contribution is 2.17. The van der Waals surface area contributed by atoms with Crippen molar-refractivity contribution in [3.63, 3.8) is 0 Å². The summed E-state index contributed by atoms with van der Waals surface area (Å²) in [5.74, 6) is 0.779. The Bertz CT molecular complexity index is 292. The molecular formula is C8H8N2O2. The van der Waals surface area contributed by atoms with E-state index in [9.17, 15) is 4.79 Å². The molecule has 0 saturated carbocycles. The van der Waals surface area contributed by atoms with Crippen LogP contribution in [0.4, 0.5) is 4.79 Å². The number of hydrogen-bond acceptors (Lipinski definition) is 2. The van der Waals surface area contributed by atoms with Crippen molar-refractivity contribution in [2.75, 3.05) is 0 Å². The molecule has 2 rings (SSSR count). The molecule has 2 aliphatic rings. The summed E-state index contributed by atoms with van der Waals surface area (Å²) in [7, 11) is 0. The fourth-order valence-electron chi connectivity index (χ4n) is 1.07. The van der Waals surface area contributed by atoms with E-state index in [1.165, 1.54) is 0 Å². The molecule has 0 spiro atoms. The van der Waals surface area contributed by atoms with E-state index >= 15 is 0 Å². The first-order valence-corrected chi connectivity index (χ1v) is 3.65. The Labute approximate surface area is 69.6 Å². The van der Waals surface area contributed by atoms with E-state index in [0.717, 1.165) is 17.9 Å². The molecule has 0 saturated heterocycles. The highest BCUT2D eigenvalue weighted by Gasteiger charge is 2.13. The lowest BCUT2D eigenvalue weighted by atomic mass is 10.2. The number of urea groups is 1. The number of hydrogen-bond donors (Lipinski definition) is 2. The van der Waals surface area contributed by atoms with Gasteiger partial charge in [0.2, 0.25) is 0 Å². The number of allylic oxidation sites excluding steroid dienone is 2. The van der Waals surface area contributed by atoms with Crippen molar-refractivity contribution in [3.8, 4) is 0 Å². The van der Waals surface area contributed by atoms with Crippen molar-refractivity contribution in [1.82, 2.24) is 10.6 Å². The van der Waals surface area contributed by atoms with E-state index in [-0.39, 0.29) is 6.03 Å². The van der Waals surface area contributed by atoms with Crippen molar-refractivity contribution in [2.24, 2.45) is 0 Å². The van der Waals surface area contributed by atoms with Gasteiger partial charge in [0, 0.05) is 12.6 Å². The Kier molecular flexibility index (Phi) is 1.59. The van der Waals surface area contributed by atoms with Crippen molar-refractivity contribution in [1.29, 1.82) is 0 Å². The van der Waals surface area contributed by atoms with Crippen LogP contribution in [0.1, 0.15) is 6.42 Å². The van der Waals surface area contributed by atoms with Crippen molar-refractivity contribution < 1.29 is 9.53 Å². The van der Waals surface area contributed by atoms with Crippen LogP contribution in [-0.4, -0.2) is 6.03 Å². The number of carbonyl (C=O) groups excluding carboxylic acids is 1. The molecule has 4 nitrogen and oxygen atoms in total. The second-order valence-corrected chi connectivity index (χ2v) is 2.46. The average molecular weight is 164 g/mol. The highest BCUT2D eigenvalue weighted by atomic mass is 16.5. The molecule has 0 fully saturated rings. The summed E-state index contributed by atoms with van der Waals surface area (Å²) >= 11 is 0. The van der Waals surface area contributed by atoms with Crippen molar-refractivity contribution >= 4 is 6.03 Å². The van der Waals surface area contributed by atoms with Gasteiger partial charge in [0.25, 0.3) is 0 Å². The van der Waals surface area contributed by atoms with Gasteiger partial charge in [-0.2, -0.15) is 0 Å². The van der Waals surface area contributed by atoms with E-state index in [0.29, 0.717) is 0 Å². The summed E-state index contributed by atoms with van der Waals surface area (Å²) < 4.78 is 5.15. The molecule has 0 aliphatic carbocycles. The normalized spacial score (nSPS) is 26.5. The van der Waals surface area contributed by atoms with Gasteiger partial charge in [-0.25, -0.2) is 4.79 Å². The summed E-state index contributed by atoms with van der Waals surface area (Å²) in [6.45, 7) is 0. The zero-order chi connectivity index (χ0) is 8.39. The van der Waals surface area contributed by atoms with Gasteiger partial charge in [-0.05, 0) is 12.2 Å². The SMILES string of the molecule is O=C1NC=CC(=C2CC=CO2)N1. The largest absolute Gasteiger partial charge is 0.467 e. The topological polar surface area (TPSA) is 50.4 Å². The highest BCUT2D eigenvalue weighted by molar-refractivity contribution is 5.79. The van der Waals surface area contributed by atoms with Crippen LogP contribution in [0, 0.1) is 0 Å². The van der Waals surface area contributed by atoms with Gasteiger partial charge in [-0.15, -0.1) is 0 Å². The summed E-state index contributed by atoms with van der Waals surface area (Å²) in [5, 5.41) is 5.13. The van der Waals surface area contributed by atoms with Gasteiger partial charge in [-0.1, -0.05) is 0 Å². The predicted molar refractivity (Wildman–Crippen MR) is 42.7 cm³/mol. The molecule has 4 heteroatoms. The first kappa shape index (κ1) is 6.97. The third-order valence-electron chi connectivity index (χ3n) is 1.62. The van der Waals surface area contributed by atoms with Crippen LogP contribution in [0.15, 0.2) is 36.1 Å². The number of ether oxygens (including phenoxy) is 1. The molecule has 12 heavy (non-hydrogen) atoms. The summed E-state index contributed by atoms with van der Waals surface area (Å²) in [4.78, 5) is 10.8. The van der Waals surface area contributed by atoms with Gasteiger partial charge in [0.1, 0.15) is 5.76 Å². The van der Waals surface area contributed by atoms with Crippen molar-refractivity contribution in [3.05, 3.63) is 36.1 Å². The number of nitrogens with one attached hydrogen (secondary N) is 2. The van der Waals surface area contributed by atoms with Crippen LogP contribution in [-0.2, 0) is 4.74 Å². The molecule has 0 unspecified atom stereocenters. The Morgan fingerprint density at radius 2 is 2.42 bits per heavy atom. The third-order valence-corrected chi connectivity index (χ3v) is 1.62. The monoisotopic (exact) mass is 164 g/mol. The second kappa shape index (κ2) is 2.73. The quantitative estimate of drug-likeness (QED) is 0.560. The zero-order valence-corrected chi connectivity index (χ0v) is 6.33. The second-order valence-electron chi connectivity index (χ2n) is 2.46. The predicted octanol–water partition coefficient (Wildman–Crippen LogP) is 0.958. The minimum atomic E-state index is -0.226. The van der Waals surface area contributed by atoms with E-state index < -0.39 is 0 Å². The molecule has 2 heterocycles. The number of rotatable bonds is 0. The fourth-order valence-corrected chi connectivity index (χ4v) is 1.07. The molecule has 0 aromatic heterocycles. The van der Waals surface area contributed by atoms with Gasteiger partial charge in [0.05, 0.1) is 12.0 Å². The van der Waals surface area contributed by atoms with Gasteiger partial charge < -0.3 is 15.4 Å². The maximum absolute atomic E-state index is 10.8. The van der Waals surface area contributed by atoms with Gasteiger partial charge in [-0.3, -0.25) is 0 Å². The van der Waals surface area contributed by atoms with Gasteiger partial charge in [0.15, 0.2) is 0 Å². The third kappa shape index (κ3) is 1.18. The minimum absolute atomic E-state index is 0.226. The van der Waals surface area contributed by atoms with E-state index in [1.54, 1.807) is 18.5 Å². The lowest BCUT2D eigenvalue weighted by molar-refractivity contribution is 0.245. The average Bonchev–Trinajstić information content (AvgIpc) is 2.56. The Morgan fingerprint density at radius 1 is 1.50 bits per heavy atom. The molecule has 2 amide bonds. The first-order chi connectivity index (χ1) is 5.86. The summed E-state index contributed by atoms with van der Waals surface area (Å²) in [6, 6.07) is -0.226. The smallest absolute Gasteiger partial charge is 0.323 e. The van der Waals surface area contributed by atoms with E-state index in [2.05, 4.69) is 10.6 Å². The van der Waals surface area contributed by atoms with Crippen LogP contribution in [0.2, 0.25) is 0 Å². The summed E-state index contributed by atoms with van der Waals surface area (Å²) in [5.41, 5.74) is 0.726. The molecule has 2 aliphatic heterocycles. The van der Waals surface area contributed by atoms with E-state index in [1.807, 2.05) is 6.08 Å². The maximum atomic E-state index is 10.8. The number of amides is 2. The molecule has 0 aromatic carbocycles. The Hall–Kier alpha value is -1.71. The number of carbonyl (C=O) groups is 1. The summed E-state index contributed by atoms with van der Waals surface area (Å²) in [6.07, 6.45) is 7.60. The molecule has 2 N–H and O–H groups in total.